The molecular formula is C14H18N4S. The van der Waals surface area contributed by atoms with Crippen molar-refractivity contribution >= 4 is 28.4 Å². The molecule has 4 nitrogen and oxygen atoms in total. The zero-order valence-electron chi connectivity index (χ0n) is 11.2. The molecule has 0 saturated carbocycles. The van der Waals surface area contributed by atoms with Gasteiger partial charge >= 0.3 is 0 Å². The average Bonchev–Trinajstić information content (AvgIpc) is 3.02. The number of nitrogens with zero attached hydrogens (tertiary/aromatic N) is 2. The lowest BCUT2D eigenvalue weighted by atomic mass is 10.2. The van der Waals surface area contributed by atoms with Gasteiger partial charge in [0, 0.05) is 13.6 Å². The minimum Gasteiger partial charge on any atom is -0.366 e. The Bertz CT molecular complexity index is 619. The highest BCUT2D eigenvalue weighted by molar-refractivity contribution is 7.80. The standard InChI is InChI=1S/C14H18N4S/c1-9-5-6-10-11(8-9)17-13(16-10)12-4-3-7-18(12)14(19)15-2/h5-6,8,12H,3-4,7H2,1-2H3,(H,15,19)(H,16,17)/t12-/m0/s1. The summed E-state index contributed by atoms with van der Waals surface area (Å²) in [4.78, 5) is 10.4. The highest BCUT2D eigenvalue weighted by Gasteiger charge is 2.29. The van der Waals surface area contributed by atoms with E-state index in [9.17, 15) is 0 Å². The molecule has 1 aliphatic rings. The SMILES string of the molecule is CNC(=S)N1CCC[C@H]1c1nc2ccc(C)cc2[nH]1. The first kappa shape index (κ1) is 12.4. The molecule has 3 rings (SSSR count). The van der Waals surface area contributed by atoms with Crippen molar-refractivity contribution in [1.29, 1.82) is 0 Å². The van der Waals surface area contributed by atoms with E-state index in [0.717, 1.165) is 41.4 Å². The van der Waals surface area contributed by atoms with Crippen LogP contribution in [-0.4, -0.2) is 33.6 Å². The second-order valence-electron chi connectivity index (χ2n) is 5.05. The third kappa shape index (κ3) is 2.18. The molecule has 19 heavy (non-hydrogen) atoms. The number of aromatic amines is 1. The lowest BCUT2D eigenvalue weighted by Gasteiger charge is -2.25. The number of rotatable bonds is 1. The normalized spacial score (nSPS) is 19.1. The van der Waals surface area contributed by atoms with Gasteiger partial charge in [-0.2, -0.15) is 0 Å². The third-order valence-electron chi connectivity index (χ3n) is 3.70. The van der Waals surface area contributed by atoms with Gasteiger partial charge in [-0.15, -0.1) is 0 Å². The largest absolute Gasteiger partial charge is 0.366 e. The summed E-state index contributed by atoms with van der Waals surface area (Å²) in [6.45, 7) is 3.10. The summed E-state index contributed by atoms with van der Waals surface area (Å²) in [6.07, 6.45) is 2.25. The van der Waals surface area contributed by atoms with Crippen molar-refractivity contribution in [2.45, 2.75) is 25.8 Å². The summed E-state index contributed by atoms with van der Waals surface area (Å²) in [5.41, 5.74) is 3.39. The molecule has 1 aromatic carbocycles. The maximum atomic E-state index is 5.37. The number of aromatic nitrogens is 2. The van der Waals surface area contributed by atoms with Crippen molar-refractivity contribution < 1.29 is 0 Å². The summed E-state index contributed by atoms with van der Waals surface area (Å²) < 4.78 is 0. The molecule has 0 aliphatic carbocycles. The van der Waals surface area contributed by atoms with Crippen LogP contribution in [0.15, 0.2) is 18.2 Å². The van der Waals surface area contributed by atoms with Crippen molar-refractivity contribution in [2.75, 3.05) is 13.6 Å². The predicted octanol–water partition coefficient (Wildman–Crippen LogP) is 2.51. The minimum atomic E-state index is 0.271. The number of aryl methyl sites for hydroxylation is 1. The van der Waals surface area contributed by atoms with Crippen LogP contribution in [0.5, 0.6) is 0 Å². The molecule has 1 saturated heterocycles. The Morgan fingerprint density at radius 2 is 2.37 bits per heavy atom. The van der Waals surface area contributed by atoms with Crippen LogP contribution in [0.4, 0.5) is 0 Å². The summed E-state index contributed by atoms with van der Waals surface area (Å²) >= 11 is 5.37. The van der Waals surface area contributed by atoms with Crippen LogP contribution in [0.1, 0.15) is 30.3 Å². The molecular weight excluding hydrogens is 256 g/mol. The lowest BCUT2D eigenvalue weighted by molar-refractivity contribution is 0.383. The Morgan fingerprint density at radius 3 is 3.16 bits per heavy atom. The number of hydrogen-bond acceptors (Lipinski definition) is 2. The second-order valence-corrected chi connectivity index (χ2v) is 5.44. The van der Waals surface area contributed by atoms with Crippen LogP contribution in [0.25, 0.3) is 11.0 Å². The number of imidazole rings is 1. The second kappa shape index (κ2) is 4.81. The maximum absolute atomic E-state index is 5.37. The van der Waals surface area contributed by atoms with Crippen molar-refractivity contribution in [3.63, 3.8) is 0 Å². The van der Waals surface area contributed by atoms with Gasteiger partial charge in [-0.3, -0.25) is 0 Å². The predicted molar refractivity (Wildman–Crippen MR) is 81.2 cm³/mol. The number of benzene rings is 1. The Hall–Kier alpha value is -1.62. The van der Waals surface area contributed by atoms with Crippen LogP contribution in [0.3, 0.4) is 0 Å². The highest BCUT2D eigenvalue weighted by Crippen LogP contribution is 2.31. The number of likely N-dealkylation sites (tertiary alicyclic amines) is 1. The van der Waals surface area contributed by atoms with Gasteiger partial charge < -0.3 is 15.2 Å². The van der Waals surface area contributed by atoms with Gasteiger partial charge in [0.05, 0.1) is 17.1 Å². The van der Waals surface area contributed by atoms with Crippen LogP contribution >= 0.6 is 12.2 Å². The zero-order valence-corrected chi connectivity index (χ0v) is 12.0. The Balaban J connectivity index is 1.97. The van der Waals surface area contributed by atoms with E-state index < -0.39 is 0 Å². The molecule has 0 unspecified atom stereocenters. The molecule has 2 aromatic rings. The van der Waals surface area contributed by atoms with E-state index in [2.05, 4.69) is 40.3 Å². The molecule has 1 fully saturated rings. The Morgan fingerprint density at radius 1 is 1.53 bits per heavy atom. The molecule has 0 amide bonds. The van der Waals surface area contributed by atoms with Crippen molar-refractivity contribution in [3.05, 3.63) is 29.6 Å². The lowest BCUT2D eigenvalue weighted by Crippen LogP contribution is -2.37. The van der Waals surface area contributed by atoms with E-state index in [-0.39, 0.29) is 6.04 Å². The summed E-state index contributed by atoms with van der Waals surface area (Å²) in [5, 5.41) is 3.87. The van der Waals surface area contributed by atoms with Gasteiger partial charge in [0.25, 0.3) is 0 Å². The van der Waals surface area contributed by atoms with Crippen molar-refractivity contribution in [1.82, 2.24) is 20.2 Å². The van der Waals surface area contributed by atoms with Gasteiger partial charge in [0.2, 0.25) is 0 Å². The number of hydrogen-bond donors (Lipinski definition) is 2. The molecule has 1 aliphatic heterocycles. The van der Waals surface area contributed by atoms with Gasteiger partial charge in [-0.05, 0) is 49.7 Å². The topological polar surface area (TPSA) is 44.0 Å². The number of thiocarbonyl (C=S) groups is 1. The van der Waals surface area contributed by atoms with Gasteiger partial charge in [0.1, 0.15) is 5.82 Å². The van der Waals surface area contributed by atoms with E-state index >= 15 is 0 Å². The maximum Gasteiger partial charge on any atom is 0.169 e. The smallest absolute Gasteiger partial charge is 0.169 e. The van der Waals surface area contributed by atoms with Crippen LogP contribution < -0.4 is 5.32 Å². The highest BCUT2D eigenvalue weighted by atomic mass is 32.1. The molecule has 0 bridgehead atoms. The molecule has 5 heteroatoms. The molecule has 0 spiro atoms. The number of H-pyrrole nitrogens is 1. The van der Waals surface area contributed by atoms with E-state index in [1.54, 1.807) is 0 Å². The number of fused-ring (bicyclic) bond motifs is 1. The van der Waals surface area contributed by atoms with Crippen molar-refractivity contribution in [2.24, 2.45) is 0 Å². The molecule has 1 aromatic heterocycles. The average molecular weight is 274 g/mol. The molecule has 1 atom stereocenters. The molecule has 2 N–H and O–H groups in total. The molecule has 100 valence electrons. The van der Waals surface area contributed by atoms with Crippen LogP contribution in [-0.2, 0) is 0 Å². The van der Waals surface area contributed by atoms with Crippen LogP contribution in [0.2, 0.25) is 0 Å². The first-order valence-corrected chi connectivity index (χ1v) is 7.04. The Kier molecular flexibility index (Phi) is 3.14. The fraction of sp³-hybridized carbons (Fsp3) is 0.429. The fourth-order valence-corrected chi connectivity index (χ4v) is 2.96. The number of nitrogens with one attached hydrogen (secondary N) is 2. The van der Waals surface area contributed by atoms with Crippen LogP contribution in [0, 0.1) is 6.92 Å². The summed E-state index contributed by atoms with van der Waals surface area (Å²) in [6, 6.07) is 6.58. The molecule has 0 radical (unpaired) electrons. The first-order chi connectivity index (χ1) is 9.19. The van der Waals surface area contributed by atoms with E-state index in [0.29, 0.717) is 0 Å². The fourth-order valence-electron chi connectivity index (χ4n) is 2.74. The Labute approximate surface area is 118 Å². The zero-order chi connectivity index (χ0) is 13.4. The monoisotopic (exact) mass is 274 g/mol. The van der Waals surface area contributed by atoms with Gasteiger partial charge in [0.15, 0.2) is 5.11 Å². The van der Waals surface area contributed by atoms with Gasteiger partial charge in [-0.25, -0.2) is 4.98 Å². The first-order valence-electron chi connectivity index (χ1n) is 6.63. The van der Waals surface area contributed by atoms with Gasteiger partial charge in [-0.1, -0.05) is 6.07 Å². The quantitative estimate of drug-likeness (QED) is 0.784. The summed E-state index contributed by atoms with van der Waals surface area (Å²) in [5.74, 6) is 1.02. The summed E-state index contributed by atoms with van der Waals surface area (Å²) in [7, 11) is 1.87. The third-order valence-corrected chi connectivity index (χ3v) is 4.14. The molecule has 2 heterocycles. The minimum absolute atomic E-state index is 0.271. The van der Waals surface area contributed by atoms with E-state index in [1.807, 2.05) is 7.05 Å². The van der Waals surface area contributed by atoms with Crippen molar-refractivity contribution in [3.8, 4) is 0 Å². The van der Waals surface area contributed by atoms with E-state index in [4.69, 9.17) is 17.2 Å². The van der Waals surface area contributed by atoms with E-state index in [1.165, 1.54) is 5.56 Å².